The van der Waals surface area contributed by atoms with Gasteiger partial charge in [0.05, 0.1) is 22.6 Å². The van der Waals surface area contributed by atoms with Gasteiger partial charge in [-0.15, -0.1) is 5.10 Å². The Bertz CT molecular complexity index is 1380. The minimum Gasteiger partial charge on any atom is -0.477 e. The van der Waals surface area contributed by atoms with Gasteiger partial charge in [-0.05, 0) is 84.6 Å². The molecule has 0 radical (unpaired) electrons. The number of nitrogens with one attached hydrogen (secondary N) is 1. The number of hydrogen-bond acceptors (Lipinski definition) is 5. The van der Waals surface area contributed by atoms with E-state index in [0.717, 1.165) is 22.1 Å². The molecule has 11 heteroatoms. The normalized spacial score (nSPS) is 24.7. The van der Waals surface area contributed by atoms with Crippen molar-refractivity contribution in [1.29, 1.82) is 0 Å². The van der Waals surface area contributed by atoms with E-state index < -0.39 is 21.6 Å². The highest BCUT2D eigenvalue weighted by molar-refractivity contribution is 8.34. The minimum absolute atomic E-state index is 0.0186. The van der Waals surface area contributed by atoms with E-state index in [-0.39, 0.29) is 42.4 Å². The number of amides is 1. The number of rotatable bonds is 9. The third-order valence-corrected chi connectivity index (χ3v) is 14.1. The first kappa shape index (κ1) is 28.9. The SMILES string of the molecule is CC1CC(C)(C)S(C)(c2nc(-n3ccc(OCCC4(C(F)(F)F)CC4)n3)ccc2C(=O)NSc2ccccc2)C1. The Morgan fingerprint density at radius 3 is 2.52 bits per heavy atom. The number of ether oxygens (including phenoxy) is 1. The third-order valence-electron chi connectivity index (χ3n) is 8.28. The summed E-state index contributed by atoms with van der Waals surface area (Å²) in [5.41, 5.74) is -1.05. The molecule has 1 N–H and O–H groups in total. The van der Waals surface area contributed by atoms with Crippen molar-refractivity contribution in [3.05, 3.63) is 60.3 Å². The number of aromatic nitrogens is 3. The number of alkyl halides is 3. The summed E-state index contributed by atoms with van der Waals surface area (Å²) in [7, 11) is -1.49. The molecule has 2 aliphatic rings. The van der Waals surface area contributed by atoms with E-state index in [4.69, 9.17) is 9.72 Å². The number of pyridine rings is 1. The van der Waals surface area contributed by atoms with Crippen molar-refractivity contribution in [3.63, 3.8) is 0 Å². The van der Waals surface area contributed by atoms with Crippen molar-refractivity contribution in [3.8, 4) is 11.7 Å². The lowest BCUT2D eigenvalue weighted by atomic mass is 10.0. The van der Waals surface area contributed by atoms with E-state index in [1.165, 1.54) is 11.9 Å². The van der Waals surface area contributed by atoms with Crippen LogP contribution in [-0.2, 0) is 0 Å². The first-order chi connectivity index (χ1) is 18.8. The van der Waals surface area contributed by atoms with Gasteiger partial charge in [-0.3, -0.25) is 9.52 Å². The van der Waals surface area contributed by atoms with Gasteiger partial charge in [-0.2, -0.15) is 23.2 Å². The molecule has 0 spiro atoms. The van der Waals surface area contributed by atoms with E-state index in [1.807, 2.05) is 30.3 Å². The van der Waals surface area contributed by atoms with E-state index >= 15 is 0 Å². The zero-order valence-corrected chi connectivity index (χ0v) is 24.8. The smallest absolute Gasteiger partial charge is 0.394 e. The maximum absolute atomic E-state index is 13.5. The highest BCUT2D eigenvalue weighted by Crippen LogP contribution is 2.70. The van der Waals surface area contributed by atoms with Crippen LogP contribution in [-0.4, -0.2) is 50.2 Å². The van der Waals surface area contributed by atoms with Crippen LogP contribution in [0, 0.1) is 11.3 Å². The fourth-order valence-electron chi connectivity index (χ4n) is 5.63. The minimum atomic E-state index is -4.20. The Morgan fingerprint density at radius 2 is 1.90 bits per heavy atom. The molecule has 1 saturated heterocycles. The second-order valence-corrected chi connectivity index (χ2v) is 16.5. The quantitative estimate of drug-likeness (QED) is 0.262. The Kier molecular flexibility index (Phi) is 7.67. The number of nitrogens with zero attached hydrogens (tertiary/aromatic N) is 3. The monoisotopic (exact) mass is 592 g/mol. The average molecular weight is 593 g/mol. The van der Waals surface area contributed by atoms with Gasteiger partial charge in [0.2, 0.25) is 5.88 Å². The summed E-state index contributed by atoms with van der Waals surface area (Å²) in [6.07, 6.45) is 1.02. The van der Waals surface area contributed by atoms with Crippen LogP contribution >= 0.6 is 22.0 Å². The summed E-state index contributed by atoms with van der Waals surface area (Å²) >= 11 is 1.27. The number of benzene rings is 1. The van der Waals surface area contributed by atoms with Gasteiger partial charge in [0.25, 0.3) is 5.91 Å². The molecule has 2 fully saturated rings. The molecule has 3 aromatic rings. The summed E-state index contributed by atoms with van der Waals surface area (Å²) in [4.78, 5) is 19.4. The predicted octanol–water partition coefficient (Wildman–Crippen LogP) is 7.43. The van der Waals surface area contributed by atoms with Crippen LogP contribution in [0.1, 0.15) is 56.8 Å². The Hall–Kier alpha value is -2.66. The van der Waals surface area contributed by atoms with E-state index in [9.17, 15) is 18.0 Å². The molecule has 0 bridgehead atoms. The van der Waals surface area contributed by atoms with Gasteiger partial charge in [0.15, 0.2) is 5.82 Å². The Balaban J connectivity index is 1.39. The van der Waals surface area contributed by atoms with Gasteiger partial charge in [-0.1, -0.05) is 39.0 Å². The lowest BCUT2D eigenvalue weighted by Gasteiger charge is -2.44. The molecule has 2 aromatic heterocycles. The zero-order chi connectivity index (χ0) is 28.8. The summed E-state index contributed by atoms with van der Waals surface area (Å²) in [5.74, 6) is 2.06. The van der Waals surface area contributed by atoms with Crippen LogP contribution in [0.5, 0.6) is 5.88 Å². The molecule has 1 aromatic carbocycles. The second-order valence-electron chi connectivity index (χ2n) is 11.7. The van der Waals surface area contributed by atoms with Crippen LogP contribution < -0.4 is 9.46 Å². The molecular formula is C29H35F3N4O2S2. The molecule has 2 unspecified atom stereocenters. The molecule has 216 valence electrons. The maximum atomic E-state index is 13.5. The van der Waals surface area contributed by atoms with E-state index in [2.05, 4.69) is 36.8 Å². The standard InChI is InChI=1S/C29H35F3N4O2S2/c1-20-18-27(2,3)40(4,19-20)26-22(25(37)35-39-21-8-6-5-7-9-21)10-11-23(33-26)36-16-12-24(34-36)38-17-15-28(13-14-28)29(30,31)32/h5-12,16,20H,13-15,17-19H2,1-4H3,(H,35,37). The van der Waals surface area contributed by atoms with Crippen molar-refractivity contribution in [1.82, 2.24) is 19.5 Å². The first-order valence-electron chi connectivity index (χ1n) is 13.4. The molecule has 1 aliphatic heterocycles. The van der Waals surface area contributed by atoms with Crippen LogP contribution in [0.15, 0.2) is 64.6 Å². The molecular weight excluding hydrogens is 557 g/mol. The zero-order valence-electron chi connectivity index (χ0n) is 23.1. The second kappa shape index (κ2) is 10.6. The highest BCUT2D eigenvalue weighted by atomic mass is 32.3. The number of carbonyl (C=O) groups is 1. The van der Waals surface area contributed by atoms with Gasteiger partial charge in [0, 0.05) is 17.2 Å². The van der Waals surface area contributed by atoms with Crippen LogP contribution in [0.4, 0.5) is 13.2 Å². The molecule has 40 heavy (non-hydrogen) atoms. The van der Waals surface area contributed by atoms with E-state index in [1.54, 1.807) is 29.1 Å². The van der Waals surface area contributed by atoms with Gasteiger partial charge < -0.3 is 4.74 Å². The number of hydrogen-bond donors (Lipinski definition) is 1. The van der Waals surface area contributed by atoms with Crippen molar-refractivity contribution < 1.29 is 22.7 Å². The lowest BCUT2D eigenvalue weighted by molar-refractivity contribution is -0.190. The van der Waals surface area contributed by atoms with Crippen molar-refractivity contribution in [2.75, 3.05) is 18.6 Å². The fraction of sp³-hybridized carbons (Fsp3) is 0.483. The molecule has 1 amide bonds. The van der Waals surface area contributed by atoms with Gasteiger partial charge >= 0.3 is 6.18 Å². The third kappa shape index (κ3) is 5.59. The Morgan fingerprint density at radius 1 is 1.18 bits per heavy atom. The molecule has 2 atom stereocenters. The number of carbonyl (C=O) groups excluding carboxylic acids is 1. The molecule has 3 heterocycles. The van der Waals surface area contributed by atoms with Crippen molar-refractivity contribution in [2.24, 2.45) is 11.3 Å². The lowest BCUT2D eigenvalue weighted by Crippen LogP contribution is -2.28. The summed E-state index contributed by atoms with van der Waals surface area (Å²) in [5, 5.41) is 5.23. The van der Waals surface area contributed by atoms with E-state index in [0.29, 0.717) is 17.3 Å². The molecule has 5 rings (SSSR count). The predicted molar refractivity (Wildman–Crippen MR) is 153 cm³/mol. The van der Waals surface area contributed by atoms with Crippen molar-refractivity contribution >= 4 is 27.9 Å². The van der Waals surface area contributed by atoms with Crippen molar-refractivity contribution in [2.45, 2.75) is 67.3 Å². The summed E-state index contributed by atoms with van der Waals surface area (Å²) in [6.45, 7) is 6.71. The van der Waals surface area contributed by atoms with Crippen LogP contribution in [0.2, 0.25) is 0 Å². The van der Waals surface area contributed by atoms with Crippen LogP contribution in [0.3, 0.4) is 0 Å². The summed E-state index contributed by atoms with van der Waals surface area (Å²) < 4.78 is 49.8. The largest absolute Gasteiger partial charge is 0.477 e. The topological polar surface area (TPSA) is 69.0 Å². The fourth-order valence-corrected chi connectivity index (χ4v) is 10.2. The van der Waals surface area contributed by atoms with Crippen LogP contribution in [0.25, 0.3) is 5.82 Å². The average Bonchev–Trinajstić information content (AvgIpc) is 3.50. The maximum Gasteiger partial charge on any atom is 0.394 e. The molecule has 6 nitrogen and oxygen atoms in total. The molecule has 1 saturated carbocycles. The number of halogens is 3. The molecule has 1 aliphatic carbocycles. The highest BCUT2D eigenvalue weighted by Gasteiger charge is 2.62. The van der Waals surface area contributed by atoms with Gasteiger partial charge in [-0.25, -0.2) is 9.67 Å². The Labute approximate surface area is 238 Å². The summed E-state index contributed by atoms with van der Waals surface area (Å²) in [6, 6.07) is 14.8. The first-order valence-corrected chi connectivity index (χ1v) is 16.4. The van der Waals surface area contributed by atoms with Gasteiger partial charge in [0.1, 0.15) is 0 Å².